The molecule has 0 saturated heterocycles. The molecule has 0 saturated carbocycles. The summed E-state index contributed by atoms with van der Waals surface area (Å²) in [5.41, 5.74) is 8.74. The third-order valence-electron chi connectivity index (χ3n) is 5.48. The maximum Gasteiger partial charge on any atom is -1.00 e. The number of benzene rings is 2. The van der Waals surface area contributed by atoms with Gasteiger partial charge in [-0.1, -0.05) is 102 Å². The number of rotatable bonds is 2. The minimum Gasteiger partial charge on any atom is -1.00 e. The summed E-state index contributed by atoms with van der Waals surface area (Å²) < 4.78 is 0. The molecule has 0 heterocycles. The summed E-state index contributed by atoms with van der Waals surface area (Å²) in [4.78, 5) is 0. The van der Waals surface area contributed by atoms with Gasteiger partial charge in [0.05, 0.1) is 0 Å². The van der Waals surface area contributed by atoms with Crippen LogP contribution in [0.15, 0.2) is 84.0 Å². The van der Waals surface area contributed by atoms with Crippen molar-refractivity contribution in [1.82, 2.24) is 0 Å². The Balaban J connectivity index is 0.000000566. The summed E-state index contributed by atoms with van der Waals surface area (Å²) in [5, 5.41) is 0. The number of hydrogen-bond acceptors (Lipinski definition) is 0. The zero-order valence-corrected chi connectivity index (χ0v) is 28.1. The van der Waals surface area contributed by atoms with Gasteiger partial charge in [-0.25, -0.2) is 23.3 Å². The van der Waals surface area contributed by atoms with Crippen LogP contribution in [0.3, 0.4) is 0 Å². The van der Waals surface area contributed by atoms with Gasteiger partial charge < -0.3 is 24.8 Å². The van der Waals surface area contributed by atoms with Crippen molar-refractivity contribution in [2.24, 2.45) is 10.8 Å². The first-order chi connectivity index (χ1) is 15.9. The molecule has 0 spiro atoms. The average Bonchev–Trinajstić information content (AvgIpc) is 3.45. The van der Waals surface area contributed by atoms with E-state index in [1.165, 1.54) is 33.4 Å². The fourth-order valence-corrected chi connectivity index (χ4v) is 3.57. The molecule has 0 aliphatic heterocycles. The van der Waals surface area contributed by atoms with Crippen molar-refractivity contribution in [3.05, 3.63) is 107 Å². The zero-order chi connectivity index (χ0) is 25.4. The van der Waals surface area contributed by atoms with Gasteiger partial charge in [-0.2, -0.15) is 0 Å². The maximum absolute atomic E-state index is 3.47. The largest absolute Gasteiger partial charge is 1.00 e. The van der Waals surface area contributed by atoms with Gasteiger partial charge in [-0.3, -0.25) is 12.2 Å². The molecule has 0 amide bonds. The summed E-state index contributed by atoms with van der Waals surface area (Å²) in [6, 6.07) is 21.1. The molecule has 4 rings (SSSR count). The Morgan fingerprint density at radius 2 is 0.889 bits per heavy atom. The summed E-state index contributed by atoms with van der Waals surface area (Å²) >= 11 is 1.74. The van der Waals surface area contributed by atoms with Gasteiger partial charge in [0.15, 0.2) is 0 Å². The van der Waals surface area contributed by atoms with E-state index in [1.54, 1.807) is 23.3 Å². The van der Waals surface area contributed by atoms with E-state index in [0.717, 1.165) is 12.8 Å². The molecule has 36 heavy (non-hydrogen) atoms. The quantitative estimate of drug-likeness (QED) is 0.360. The second-order valence-corrected chi connectivity index (χ2v) is 20.5. The van der Waals surface area contributed by atoms with Crippen molar-refractivity contribution in [1.29, 1.82) is 0 Å². The topological polar surface area (TPSA) is 0 Å². The summed E-state index contributed by atoms with van der Waals surface area (Å²) in [6.45, 7) is 18.0. The van der Waals surface area contributed by atoms with E-state index in [9.17, 15) is 0 Å². The van der Waals surface area contributed by atoms with Crippen LogP contribution in [0.1, 0.15) is 65.5 Å². The first-order valence-corrected chi connectivity index (χ1v) is 18.3. The van der Waals surface area contributed by atoms with Crippen molar-refractivity contribution in [3.8, 4) is 0 Å². The molecule has 2 aliphatic carbocycles. The second-order valence-electron chi connectivity index (χ2n) is 11.1. The third-order valence-corrected chi connectivity index (χ3v) is 5.48. The van der Waals surface area contributed by atoms with Gasteiger partial charge in [0.2, 0.25) is 0 Å². The van der Waals surface area contributed by atoms with Crippen LogP contribution in [0.2, 0.25) is 13.1 Å². The number of halogens is 2. The smallest absolute Gasteiger partial charge is 1.00 e. The molecule has 2 aromatic carbocycles. The van der Waals surface area contributed by atoms with E-state index < -0.39 is 0 Å². The van der Waals surface area contributed by atoms with E-state index in [1.807, 2.05) is 0 Å². The molecule has 2 aromatic rings. The predicted octanol–water partition coefficient (Wildman–Crippen LogP) is 3.29. The molecule has 0 unspecified atom stereocenters. The molecule has 4 heteroatoms. The van der Waals surface area contributed by atoms with Crippen molar-refractivity contribution in [2.75, 3.05) is 0 Å². The van der Waals surface area contributed by atoms with Crippen molar-refractivity contribution in [2.45, 2.75) is 67.5 Å². The van der Waals surface area contributed by atoms with Crippen LogP contribution < -0.4 is 24.8 Å². The first-order valence-electron chi connectivity index (χ1n) is 12.1. The van der Waals surface area contributed by atoms with Crippen molar-refractivity contribution < 1.29 is 48.1 Å². The molecule has 0 radical (unpaired) electrons. The maximum atomic E-state index is 3.47. The Labute approximate surface area is 248 Å². The zero-order valence-electron chi connectivity index (χ0n) is 23.1. The fourth-order valence-electron chi connectivity index (χ4n) is 3.57. The Hall–Kier alpha value is -0.920. The van der Waals surface area contributed by atoms with Gasteiger partial charge in [-0.15, -0.1) is 24.0 Å². The van der Waals surface area contributed by atoms with Gasteiger partial charge in [0, 0.05) is 0 Å². The van der Waals surface area contributed by atoms with Crippen LogP contribution >= 0.6 is 0 Å². The monoisotopic (exact) mass is 612 g/mol. The standard InChI is InChI=1S/2C15H17.C2H6Si.2ClH.Zr/c2*1-15(2,3)14-10-9-13(11-14)12-7-5-4-6-8-12;1-3-2;;;/h2*4-8,11H,9H2,1-3H3;1-2H3;2*1H;/q2*-1;;;;+2/p-2. The molecule has 0 N–H and O–H groups in total. The second kappa shape index (κ2) is 16.1. The molecule has 0 fully saturated rings. The van der Waals surface area contributed by atoms with Gasteiger partial charge in [0.1, 0.15) is 0 Å². The Kier molecular flexibility index (Phi) is 15.7. The SMILES string of the molecule is CC(C)(C)C1=[C-]CC(c2ccccc2)=C1.CC(C)(C)C1=[C-]CC(c2ccccc2)=C1.C[Si](C)=[Zr+2].[Cl-].[Cl-]. The van der Waals surface area contributed by atoms with Crippen LogP contribution in [-0.4, -0.2) is 5.43 Å². The molecule has 192 valence electrons. The third kappa shape index (κ3) is 12.1. The molecule has 0 bridgehead atoms. The summed E-state index contributed by atoms with van der Waals surface area (Å²) in [6.07, 6.45) is 13.4. The van der Waals surface area contributed by atoms with Gasteiger partial charge >= 0.3 is 41.9 Å². The molecule has 2 aliphatic rings. The molecular weight excluding hydrogens is 575 g/mol. The molecule has 0 aromatic heterocycles. The molecular formula is C32H40Cl2SiZr-2. The number of allylic oxidation sites excluding steroid dienone is 8. The summed E-state index contributed by atoms with van der Waals surface area (Å²) in [5.74, 6) is 0. The predicted molar refractivity (Wildman–Crippen MR) is 148 cm³/mol. The van der Waals surface area contributed by atoms with Crippen LogP contribution in [0.4, 0.5) is 0 Å². The average molecular weight is 615 g/mol. The van der Waals surface area contributed by atoms with Crippen LogP contribution in [0.25, 0.3) is 11.1 Å². The van der Waals surface area contributed by atoms with Crippen LogP contribution in [0.5, 0.6) is 0 Å². The minimum atomic E-state index is 0. The minimum absolute atomic E-state index is 0. The van der Waals surface area contributed by atoms with E-state index in [4.69, 9.17) is 0 Å². The Bertz CT molecular complexity index is 993. The van der Waals surface area contributed by atoms with E-state index in [0.29, 0.717) is 0 Å². The van der Waals surface area contributed by atoms with Gasteiger partial charge in [0.25, 0.3) is 0 Å². The van der Waals surface area contributed by atoms with E-state index in [2.05, 4.69) is 140 Å². The normalized spacial score (nSPS) is 14.3. The van der Waals surface area contributed by atoms with Crippen LogP contribution in [0, 0.1) is 23.0 Å². The molecule has 0 nitrogen and oxygen atoms in total. The van der Waals surface area contributed by atoms with Crippen molar-refractivity contribution >= 4 is 16.6 Å². The van der Waals surface area contributed by atoms with Crippen LogP contribution in [-0.2, 0) is 23.3 Å². The van der Waals surface area contributed by atoms with Gasteiger partial charge in [-0.05, 0) is 22.0 Å². The Morgan fingerprint density at radius 3 is 1.11 bits per heavy atom. The van der Waals surface area contributed by atoms with E-state index in [-0.39, 0.29) is 41.1 Å². The summed E-state index contributed by atoms with van der Waals surface area (Å²) in [7, 11) is 0. The Morgan fingerprint density at radius 1 is 0.611 bits per heavy atom. The fraction of sp³-hybridized carbons (Fsp3) is 0.375. The first kappa shape index (κ1) is 35.1. The molecule has 0 atom stereocenters. The van der Waals surface area contributed by atoms with E-state index >= 15 is 0 Å². The number of hydrogen-bond donors (Lipinski definition) is 0. The van der Waals surface area contributed by atoms with Crippen molar-refractivity contribution in [3.63, 3.8) is 0 Å².